The molecule has 0 saturated carbocycles. The van der Waals surface area contributed by atoms with Crippen molar-refractivity contribution in [1.82, 2.24) is 4.98 Å². The van der Waals surface area contributed by atoms with Crippen LogP contribution in [0.25, 0.3) is 22.3 Å². The number of aryl methyl sites for hydroxylation is 1. The molecule has 0 bridgehead atoms. The molecule has 4 aromatic rings. The summed E-state index contributed by atoms with van der Waals surface area (Å²) >= 11 is 1.33. The van der Waals surface area contributed by atoms with Crippen molar-refractivity contribution in [1.29, 1.82) is 5.26 Å². The Hall–Kier alpha value is -3.88. The molecule has 0 unspecified atom stereocenters. The molecule has 0 radical (unpaired) electrons. The lowest BCUT2D eigenvalue weighted by Gasteiger charge is -2.22. The minimum atomic E-state index is 0.00389. The van der Waals surface area contributed by atoms with Gasteiger partial charge in [-0.05, 0) is 60.1 Å². The van der Waals surface area contributed by atoms with Gasteiger partial charge >= 0.3 is 0 Å². The number of rotatable bonds is 6. The number of carbonyl (C=O) groups excluding carboxylic acids is 1. The molecule has 0 fully saturated rings. The van der Waals surface area contributed by atoms with Gasteiger partial charge in [0.05, 0.1) is 11.3 Å². The summed E-state index contributed by atoms with van der Waals surface area (Å²) in [6.07, 6.45) is 3.88. The molecule has 3 aromatic carbocycles. The Morgan fingerprint density at radius 1 is 0.886 bits per heavy atom. The third-order valence-electron chi connectivity index (χ3n) is 6.36. The fourth-order valence-corrected chi connectivity index (χ4v) is 5.47. The molecule has 0 saturated heterocycles. The van der Waals surface area contributed by atoms with E-state index in [1.54, 1.807) is 12.1 Å². The molecule has 1 aliphatic rings. The average Bonchev–Trinajstić information content (AvgIpc) is 2.92. The molecular formula is C30H24N2O2S. The highest BCUT2D eigenvalue weighted by Crippen LogP contribution is 2.38. The first-order valence-corrected chi connectivity index (χ1v) is 12.7. The number of phenols is 1. The van der Waals surface area contributed by atoms with Gasteiger partial charge in [-0.2, -0.15) is 5.26 Å². The highest BCUT2D eigenvalue weighted by Gasteiger charge is 2.23. The number of nitrogens with zero attached hydrogens (tertiary/aromatic N) is 2. The second-order valence-corrected chi connectivity index (χ2v) is 9.58. The number of hydrogen-bond acceptors (Lipinski definition) is 5. The van der Waals surface area contributed by atoms with Crippen LogP contribution in [0.5, 0.6) is 5.75 Å². The van der Waals surface area contributed by atoms with E-state index >= 15 is 0 Å². The summed E-state index contributed by atoms with van der Waals surface area (Å²) in [6, 6.07) is 27.0. The van der Waals surface area contributed by atoms with Gasteiger partial charge in [0.15, 0.2) is 5.78 Å². The predicted molar refractivity (Wildman–Crippen MR) is 140 cm³/mol. The van der Waals surface area contributed by atoms with Crippen LogP contribution in [0.3, 0.4) is 0 Å². The van der Waals surface area contributed by atoms with Crippen molar-refractivity contribution >= 4 is 17.5 Å². The van der Waals surface area contributed by atoms with Gasteiger partial charge in [-0.15, -0.1) is 0 Å². The number of thioether (sulfide) groups is 1. The van der Waals surface area contributed by atoms with Gasteiger partial charge in [-0.1, -0.05) is 78.5 Å². The molecular weight excluding hydrogens is 452 g/mol. The summed E-state index contributed by atoms with van der Waals surface area (Å²) in [5.74, 6) is 0.401. The van der Waals surface area contributed by atoms with Gasteiger partial charge in [0.25, 0.3) is 0 Å². The molecule has 5 rings (SSSR count). The standard InChI is InChI=1S/C30H24N2O2S/c31-18-26-29(23-14-16-24(33)17-15-23)25-8-4-5-9-27(25)32-30(26)35-19-28(34)22-12-10-21(11-13-22)20-6-2-1-3-7-20/h1-3,6-7,10-17,33H,4-5,8-9,19H2. The quantitative estimate of drug-likeness (QED) is 0.243. The second kappa shape index (κ2) is 10.2. The monoisotopic (exact) mass is 476 g/mol. The van der Waals surface area contributed by atoms with Crippen molar-refractivity contribution < 1.29 is 9.90 Å². The lowest BCUT2D eigenvalue weighted by Crippen LogP contribution is -2.11. The number of aromatic hydroxyl groups is 1. The average molecular weight is 477 g/mol. The minimum Gasteiger partial charge on any atom is -0.508 e. The predicted octanol–water partition coefficient (Wildman–Crippen LogP) is 6.85. The van der Waals surface area contributed by atoms with Gasteiger partial charge < -0.3 is 5.11 Å². The van der Waals surface area contributed by atoms with Crippen molar-refractivity contribution in [2.45, 2.75) is 30.7 Å². The number of ketones is 1. The van der Waals surface area contributed by atoms with Crippen LogP contribution >= 0.6 is 11.8 Å². The number of fused-ring (bicyclic) bond motifs is 1. The van der Waals surface area contributed by atoms with Crippen molar-refractivity contribution in [3.05, 3.63) is 101 Å². The number of aromatic nitrogens is 1. The summed E-state index contributed by atoms with van der Waals surface area (Å²) in [5.41, 5.74) is 7.24. The Bertz CT molecular complexity index is 1410. The zero-order valence-corrected chi connectivity index (χ0v) is 20.0. The van der Waals surface area contributed by atoms with E-state index in [-0.39, 0.29) is 17.3 Å². The normalized spacial score (nSPS) is 12.5. The zero-order valence-electron chi connectivity index (χ0n) is 19.2. The summed E-state index contributed by atoms with van der Waals surface area (Å²) in [6.45, 7) is 0. The lowest BCUT2D eigenvalue weighted by molar-refractivity contribution is 0.102. The first kappa shape index (κ1) is 22.9. The van der Waals surface area contributed by atoms with Crippen LogP contribution in [0.4, 0.5) is 0 Å². The van der Waals surface area contributed by atoms with E-state index in [1.165, 1.54) is 11.8 Å². The molecule has 172 valence electrons. The van der Waals surface area contributed by atoms with E-state index in [4.69, 9.17) is 4.98 Å². The Labute approximate surface area is 209 Å². The topological polar surface area (TPSA) is 74.0 Å². The Kier molecular flexibility index (Phi) is 6.65. The molecule has 1 aliphatic carbocycles. The van der Waals surface area contributed by atoms with E-state index in [2.05, 4.69) is 6.07 Å². The van der Waals surface area contributed by atoms with Crippen LogP contribution in [0.15, 0.2) is 83.9 Å². The van der Waals surface area contributed by atoms with Gasteiger partial charge in [0.1, 0.15) is 16.8 Å². The van der Waals surface area contributed by atoms with Crippen molar-refractivity contribution in [3.63, 3.8) is 0 Å². The molecule has 1 N–H and O–H groups in total. The van der Waals surface area contributed by atoms with Crippen molar-refractivity contribution in [2.75, 3.05) is 5.75 Å². The van der Waals surface area contributed by atoms with Crippen LogP contribution in [0, 0.1) is 11.3 Å². The van der Waals surface area contributed by atoms with E-state index in [9.17, 15) is 15.2 Å². The third-order valence-corrected chi connectivity index (χ3v) is 7.34. The van der Waals surface area contributed by atoms with Gasteiger partial charge in [-0.25, -0.2) is 4.98 Å². The van der Waals surface area contributed by atoms with Gasteiger partial charge in [0, 0.05) is 16.8 Å². The van der Waals surface area contributed by atoms with Crippen LogP contribution in [0.1, 0.15) is 40.0 Å². The second-order valence-electron chi connectivity index (χ2n) is 8.61. The summed E-state index contributed by atoms with van der Waals surface area (Å²) in [5, 5.41) is 20.4. The highest BCUT2D eigenvalue weighted by molar-refractivity contribution is 8.00. The molecule has 1 heterocycles. The van der Waals surface area contributed by atoms with E-state index in [0.717, 1.165) is 59.2 Å². The Morgan fingerprint density at radius 3 is 2.26 bits per heavy atom. The number of phenolic OH excluding ortho intramolecular Hbond substituents is 1. The molecule has 0 aliphatic heterocycles. The number of carbonyl (C=O) groups is 1. The lowest BCUT2D eigenvalue weighted by atomic mass is 9.87. The van der Waals surface area contributed by atoms with Crippen molar-refractivity contribution in [3.8, 4) is 34.1 Å². The summed E-state index contributed by atoms with van der Waals surface area (Å²) < 4.78 is 0. The SMILES string of the molecule is N#Cc1c(SCC(=O)c2ccc(-c3ccccc3)cc2)nc2c(c1-c1ccc(O)cc1)CCCC2. The number of Topliss-reactive ketones (excluding diaryl/α,β-unsaturated/α-hetero) is 1. The van der Waals surface area contributed by atoms with Gasteiger partial charge in [0.2, 0.25) is 0 Å². The fourth-order valence-electron chi connectivity index (χ4n) is 4.57. The first-order chi connectivity index (χ1) is 17.1. The minimum absolute atomic E-state index is 0.00389. The maximum atomic E-state index is 13.0. The number of hydrogen-bond donors (Lipinski definition) is 1. The molecule has 0 spiro atoms. The van der Waals surface area contributed by atoms with E-state index < -0.39 is 0 Å². The molecule has 0 atom stereocenters. The first-order valence-electron chi connectivity index (χ1n) is 11.7. The Morgan fingerprint density at radius 2 is 1.54 bits per heavy atom. The highest BCUT2D eigenvalue weighted by atomic mass is 32.2. The number of nitriles is 1. The number of pyridine rings is 1. The maximum Gasteiger partial charge on any atom is 0.173 e. The van der Waals surface area contributed by atoms with Crippen LogP contribution < -0.4 is 0 Å². The van der Waals surface area contributed by atoms with Crippen LogP contribution in [0.2, 0.25) is 0 Å². The van der Waals surface area contributed by atoms with E-state index in [0.29, 0.717) is 16.2 Å². The largest absolute Gasteiger partial charge is 0.508 e. The zero-order chi connectivity index (χ0) is 24.2. The molecule has 4 nitrogen and oxygen atoms in total. The fraction of sp³-hybridized carbons (Fsp3) is 0.167. The molecule has 5 heteroatoms. The smallest absolute Gasteiger partial charge is 0.173 e. The summed E-state index contributed by atoms with van der Waals surface area (Å²) in [4.78, 5) is 17.8. The molecule has 0 amide bonds. The van der Waals surface area contributed by atoms with Gasteiger partial charge in [-0.3, -0.25) is 4.79 Å². The van der Waals surface area contributed by atoms with Crippen molar-refractivity contribution in [2.24, 2.45) is 0 Å². The summed E-state index contributed by atoms with van der Waals surface area (Å²) in [7, 11) is 0. The van der Waals surface area contributed by atoms with Crippen LogP contribution in [-0.2, 0) is 12.8 Å². The number of benzene rings is 3. The molecule has 35 heavy (non-hydrogen) atoms. The Balaban J connectivity index is 1.42. The third kappa shape index (κ3) is 4.84. The van der Waals surface area contributed by atoms with Crippen LogP contribution in [-0.4, -0.2) is 21.6 Å². The van der Waals surface area contributed by atoms with E-state index in [1.807, 2.05) is 66.7 Å². The molecule has 1 aromatic heterocycles. The maximum absolute atomic E-state index is 13.0.